The van der Waals surface area contributed by atoms with Gasteiger partial charge in [0.15, 0.2) is 0 Å². The minimum absolute atomic E-state index is 0.0597. The Bertz CT molecular complexity index is 755. The monoisotopic (exact) mass is 495 g/mol. The van der Waals surface area contributed by atoms with E-state index in [4.69, 9.17) is 24.7 Å². The van der Waals surface area contributed by atoms with Crippen LogP contribution in [0, 0.1) is 0 Å². The van der Waals surface area contributed by atoms with E-state index < -0.39 is 22.4 Å². The van der Waals surface area contributed by atoms with Gasteiger partial charge in [-0.15, -0.1) is 0 Å². The van der Waals surface area contributed by atoms with Crippen molar-refractivity contribution < 1.29 is 47.1 Å². The molecule has 0 bridgehead atoms. The van der Waals surface area contributed by atoms with Crippen LogP contribution in [0.3, 0.4) is 0 Å². The van der Waals surface area contributed by atoms with E-state index in [1.807, 2.05) is 0 Å². The maximum atomic E-state index is 11.6. The third-order valence-corrected chi connectivity index (χ3v) is 4.72. The molecule has 0 aliphatic carbocycles. The summed E-state index contributed by atoms with van der Waals surface area (Å²) in [5.74, 6) is 0.507. The van der Waals surface area contributed by atoms with E-state index in [0.717, 1.165) is 0 Å². The Balaban J connectivity index is 2.14. The lowest BCUT2D eigenvalue weighted by atomic mass is 10.2. The van der Waals surface area contributed by atoms with Gasteiger partial charge in [-0.2, -0.15) is 13.1 Å². The minimum atomic E-state index is -4.04. The summed E-state index contributed by atoms with van der Waals surface area (Å²) in [4.78, 5) is 11.2. The molecule has 0 saturated heterocycles. The number of carbonyl (C=O) groups excluding carboxylic acids is 1. The third-order valence-electron chi connectivity index (χ3n) is 3.70. The summed E-state index contributed by atoms with van der Waals surface area (Å²) >= 11 is 0. The summed E-state index contributed by atoms with van der Waals surface area (Å²) in [6.07, 6.45) is 5.75. The van der Waals surface area contributed by atoms with E-state index in [1.165, 1.54) is 0 Å². The van der Waals surface area contributed by atoms with Gasteiger partial charge in [-0.3, -0.25) is 0 Å². The first-order chi connectivity index (χ1) is 15.9. The standard InChI is InChI=1S/C19H33N3O10S/c20-7-9-31-19(25)22-33(26,27)21-8-10-28-11-12-29-13-14-30-18-6-5-16(24)3-1-2-4-17(15-23)32-18/h1,3-4,6,16,21,23-24H,2,5,7-15,20H2,(H,22,25). The Morgan fingerprint density at radius 1 is 1.15 bits per heavy atom. The van der Waals surface area contributed by atoms with Crippen molar-refractivity contribution in [1.29, 1.82) is 0 Å². The van der Waals surface area contributed by atoms with E-state index in [1.54, 1.807) is 29.0 Å². The van der Waals surface area contributed by atoms with Crippen LogP contribution in [0.5, 0.6) is 0 Å². The highest BCUT2D eigenvalue weighted by Crippen LogP contribution is 2.13. The van der Waals surface area contributed by atoms with Gasteiger partial charge in [0.05, 0.1) is 32.5 Å². The molecule has 1 amide bonds. The van der Waals surface area contributed by atoms with Crippen LogP contribution in [0.2, 0.25) is 0 Å². The quantitative estimate of drug-likeness (QED) is 0.138. The van der Waals surface area contributed by atoms with Crippen molar-refractivity contribution in [3.05, 3.63) is 36.0 Å². The lowest BCUT2D eigenvalue weighted by molar-refractivity contribution is 0.0000339. The maximum absolute atomic E-state index is 11.6. The average molecular weight is 496 g/mol. The molecule has 0 aromatic rings. The Morgan fingerprint density at radius 2 is 1.88 bits per heavy atom. The normalized spacial score (nSPS) is 16.9. The number of nitrogens with two attached hydrogens (primary N) is 1. The molecule has 1 aliphatic heterocycles. The fourth-order valence-electron chi connectivity index (χ4n) is 2.23. The van der Waals surface area contributed by atoms with Crippen molar-refractivity contribution in [3.63, 3.8) is 0 Å². The van der Waals surface area contributed by atoms with Crippen molar-refractivity contribution in [2.24, 2.45) is 5.73 Å². The van der Waals surface area contributed by atoms with E-state index in [2.05, 4.69) is 9.46 Å². The van der Waals surface area contributed by atoms with Gasteiger partial charge in [0.1, 0.15) is 25.6 Å². The Hall–Kier alpha value is -2.20. The molecule has 6 N–H and O–H groups in total. The van der Waals surface area contributed by atoms with E-state index in [0.29, 0.717) is 18.6 Å². The fraction of sp³-hybridized carbons (Fsp3) is 0.632. The van der Waals surface area contributed by atoms with E-state index >= 15 is 0 Å². The maximum Gasteiger partial charge on any atom is 0.421 e. The molecule has 13 nitrogen and oxygen atoms in total. The summed E-state index contributed by atoms with van der Waals surface area (Å²) in [5, 5.41) is 19.1. The Morgan fingerprint density at radius 3 is 2.61 bits per heavy atom. The summed E-state index contributed by atoms with van der Waals surface area (Å²) < 4.78 is 53.0. The fourth-order valence-corrected chi connectivity index (χ4v) is 2.93. The number of hydrogen-bond acceptors (Lipinski definition) is 11. The Labute approximate surface area is 193 Å². The van der Waals surface area contributed by atoms with Crippen molar-refractivity contribution in [2.45, 2.75) is 18.9 Å². The number of hydrogen-bond donors (Lipinski definition) is 5. The average Bonchev–Trinajstić information content (AvgIpc) is 2.78. The molecule has 1 heterocycles. The zero-order chi connectivity index (χ0) is 24.4. The predicted octanol–water partition coefficient (Wildman–Crippen LogP) is -0.999. The number of aliphatic hydroxyl groups is 2. The van der Waals surface area contributed by atoms with Crippen molar-refractivity contribution in [3.8, 4) is 0 Å². The number of ether oxygens (including phenoxy) is 5. The molecule has 1 atom stereocenters. The van der Waals surface area contributed by atoms with Gasteiger partial charge in [-0.05, 0) is 18.6 Å². The van der Waals surface area contributed by atoms with Crippen LogP contribution in [0.25, 0.3) is 0 Å². The van der Waals surface area contributed by atoms with Crippen LogP contribution < -0.4 is 15.2 Å². The summed E-state index contributed by atoms with van der Waals surface area (Å²) in [6.45, 7) is 0.556. The molecule has 1 aliphatic rings. The predicted molar refractivity (Wildman–Crippen MR) is 117 cm³/mol. The van der Waals surface area contributed by atoms with Gasteiger partial charge in [0, 0.05) is 19.5 Å². The topological polar surface area (TPSA) is 188 Å². The highest BCUT2D eigenvalue weighted by molar-refractivity contribution is 7.88. The first-order valence-corrected chi connectivity index (χ1v) is 11.8. The van der Waals surface area contributed by atoms with Crippen molar-refractivity contribution >= 4 is 16.3 Å². The molecule has 1 rings (SSSR count). The van der Waals surface area contributed by atoms with Gasteiger partial charge >= 0.3 is 16.3 Å². The zero-order valence-electron chi connectivity index (χ0n) is 18.3. The van der Waals surface area contributed by atoms with Crippen LogP contribution in [-0.2, 0) is 33.9 Å². The molecular formula is C19H33N3O10S. The van der Waals surface area contributed by atoms with Crippen LogP contribution in [-0.4, -0.2) is 90.2 Å². The molecule has 0 radical (unpaired) electrons. The van der Waals surface area contributed by atoms with Crippen molar-refractivity contribution in [2.75, 3.05) is 59.3 Å². The van der Waals surface area contributed by atoms with E-state index in [9.17, 15) is 23.4 Å². The minimum Gasteiger partial charge on any atom is -0.463 e. The number of carbonyl (C=O) groups is 1. The molecule has 0 aromatic carbocycles. The third kappa shape index (κ3) is 15.3. The number of nitrogens with one attached hydrogen (secondary N) is 2. The van der Waals surface area contributed by atoms with Crippen LogP contribution in [0.15, 0.2) is 36.0 Å². The summed E-state index contributed by atoms with van der Waals surface area (Å²) in [6, 6.07) is 0. The highest BCUT2D eigenvalue weighted by atomic mass is 32.2. The second kappa shape index (κ2) is 17.3. The summed E-state index contributed by atoms with van der Waals surface area (Å²) in [7, 11) is -4.04. The smallest absolute Gasteiger partial charge is 0.421 e. The molecule has 14 heteroatoms. The van der Waals surface area contributed by atoms with Crippen LogP contribution >= 0.6 is 0 Å². The molecule has 33 heavy (non-hydrogen) atoms. The number of allylic oxidation sites excluding steroid dienone is 2. The molecule has 1 unspecified atom stereocenters. The number of amides is 1. The number of aliphatic hydroxyl groups excluding tert-OH is 2. The zero-order valence-corrected chi connectivity index (χ0v) is 19.1. The number of rotatable bonds is 15. The van der Waals surface area contributed by atoms with Crippen LogP contribution in [0.1, 0.15) is 12.8 Å². The molecule has 190 valence electrons. The largest absolute Gasteiger partial charge is 0.463 e. The van der Waals surface area contributed by atoms with Gasteiger partial charge < -0.3 is 39.6 Å². The second-order valence-corrected chi connectivity index (χ2v) is 7.92. The molecule has 0 saturated carbocycles. The highest BCUT2D eigenvalue weighted by Gasteiger charge is 2.14. The van der Waals surface area contributed by atoms with Crippen LogP contribution in [0.4, 0.5) is 4.79 Å². The lowest BCUT2D eigenvalue weighted by Crippen LogP contribution is -2.42. The molecular weight excluding hydrogens is 462 g/mol. The van der Waals surface area contributed by atoms with Gasteiger partial charge in [0.2, 0.25) is 0 Å². The van der Waals surface area contributed by atoms with Gasteiger partial charge in [-0.1, -0.05) is 12.2 Å². The summed E-state index contributed by atoms with van der Waals surface area (Å²) in [5.41, 5.74) is 5.14. The SMILES string of the molecule is NCCOC(=O)NS(=O)(=O)NCCOCCOCCOC1=CCC(O)C=CCC=C(CO)O1. The first-order valence-electron chi connectivity index (χ1n) is 10.3. The van der Waals surface area contributed by atoms with Crippen molar-refractivity contribution in [1.82, 2.24) is 9.44 Å². The lowest BCUT2D eigenvalue weighted by Gasteiger charge is -2.15. The Kier molecular flexibility index (Phi) is 15.1. The molecule has 0 aromatic heterocycles. The second-order valence-electron chi connectivity index (χ2n) is 6.42. The van der Waals surface area contributed by atoms with Gasteiger partial charge in [-0.25, -0.2) is 9.52 Å². The van der Waals surface area contributed by atoms with Gasteiger partial charge in [0.25, 0.3) is 5.95 Å². The van der Waals surface area contributed by atoms with E-state index in [-0.39, 0.29) is 65.3 Å². The first kappa shape index (κ1) is 28.8. The molecule has 0 fully saturated rings. The molecule has 0 spiro atoms.